The summed E-state index contributed by atoms with van der Waals surface area (Å²) in [5.74, 6) is -2.06. The Hall–Kier alpha value is -1.05. The van der Waals surface area contributed by atoms with Gasteiger partial charge in [-0.3, -0.25) is 0 Å². The van der Waals surface area contributed by atoms with E-state index in [1.165, 1.54) is 0 Å². The van der Waals surface area contributed by atoms with E-state index in [9.17, 15) is 22.3 Å². The molecule has 1 atom stereocenters. The molecule has 1 aliphatic rings. The van der Waals surface area contributed by atoms with Crippen LogP contribution in [0.5, 0.6) is 0 Å². The maximum absolute atomic E-state index is 13.3. The van der Waals surface area contributed by atoms with Gasteiger partial charge >= 0.3 is 0 Å². The SMILES string of the molecule is O=S(=O)(Cc1ccc(F)cc1F)NCC(O)C1CC1. The van der Waals surface area contributed by atoms with Crippen molar-refractivity contribution in [1.82, 2.24) is 4.72 Å². The molecule has 2 rings (SSSR count). The lowest BCUT2D eigenvalue weighted by Crippen LogP contribution is -2.34. The lowest BCUT2D eigenvalue weighted by atomic mass is 10.2. The second kappa shape index (κ2) is 5.52. The zero-order valence-electron chi connectivity index (χ0n) is 10.1. The third kappa shape index (κ3) is 4.22. The van der Waals surface area contributed by atoms with E-state index in [0.29, 0.717) is 6.07 Å². The first-order chi connectivity index (χ1) is 8.87. The molecule has 1 aromatic rings. The first kappa shape index (κ1) is 14.4. The van der Waals surface area contributed by atoms with Gasteiger partial charge in [-0.1, -0.05) is 6.07 Å². The highest BCUT2D eigenvalue weighted by Crippen LogP contribution is 2.32. The van der Waals surface area contributed by atoms with Crippen molar-refractivity contribution in [2.75, 3.05) is 6.54 Å². The van der Waals surface area contributed by atoms with E-state index < -0.39 is 33.5 Å². The summed E-state index contributed by atoms with van der Waals surface area (Å²) in [6.07, 6.45) is 1.10. The normalized spacial score (nSPS) is 17.4. The predicted molar refractivity (Wildman–Crippen MR) is 65.7 cm³/mol. The quantitative estimate of drug-likeness (QED) is 0.826. The molecule has 0 aromatic heterocycles. The minimum absolute atomic E-state index is 0.0736. The molecule has 106 valence electrons. The Bertz CT molecular complexity index is 558. The Balaban J connectivity index is 1.95. The van der Waals surface area contributed by atoms with Gasteiger partial charge in [-0.2, -0.15) is 0 Å². The highest BCUT2D eigenvalue weighted by atomic mass is 32.2. The largest absolute Gasteiger partial charge is 0.391 e. The van der Waals surface area contributed by atoms with Crippen LogP contribution in [0.1, 0.15) is 18.4 Å². The molecule has 0 bridgehead atoms. The molecule has 1 saturated carbocycles. The van der Waals surface area contributed by atoms with E-state index in [-0.39, 0.29) is 18.0 Å². The van der Waals surface area contributed by atoms with Crippen LogP contribution in [0, 0.1) is 17.6 Å². The minimum atomic E-state index is -3.74. The van der Waals surface area contributed by atoms with Crippen LogP contribution in [0.25, 0.3) is 0 Å². The van der Waals surface area contributed by atoms with Crippen LogP contribution in [0.4, 0.5) is 8.78 Å². The van der Waals surface area contributed by atoms with Gasteiger partial charge in [0.1, 0.15) is 11.6 Å². The molecule has 0 saturated heterocycles. The smallest absolute Gasteiger partial charge is 0.215 e. The highest BCUT2D eigenvalue weighted by molar-refractivity contribution is 7.88. The van der Waals surface area contributed by atoms with Crippen molar-refractivity contribution in [1.29, 1.82) is 0 Å². The zero-order chi connectivity index (χ0) is 14.0. The molecule has 0 amide bonds. The lowest BCUT2D eigenvalue weighted by Gasteiger charge is -2.11. The molecule has 19 heavy (non-hydrogen) atoms. The summed E-state index contributed by atoms with van der Waals surface area (Å²) < 4.78 is 51.7. The van der Waals surface area contributed by atoms with E-state index in [0.717, 1.165) is 25.0 Å². The number of aliphatic hydroxyl groups is 1. The topological polar surface area (TPSA) is 66.4 Å². The van der Waals surface area contributed by atoms with Gasteiger partial charge in [-0.25, -0.2) is 21.9 Å². The van der Waals surface area contributed by atoms with Crippen molar-refractivity contribution in [3.05, 3.63) is 35.4 Å². The Morgan fingerprint density at radius 3 is 2.63 bits per heavy atom. The number of hydrogen-bond donors (Lipinski definition) is 2. The van der Waals surface area contributed by atoms with Crippen LogP contribution in [0.3, 0.4) is 0 Å². The fourth-order valence-corrected chi connectivity index (χ4v) is 2.92. The molecular weight excluding hydrogens is 276 g/mol. The van der Waals surface area contributed by atoms with Crippen molar-refractivity contribution in [2.45, 2.75) is 24.7 Å². The average Bonchev–Trinajstić information content (AvgIpc) is 3.14. The van der Waals surface area contributed by atoms with Crippen LogP contribution < -0.4 is 4.72 Å². The Kier molecular flexibility index (Phi) is 4.17. The molecule has 7 heteroatoms. The first-order valence-corrected chi connectivity index (χ1v) is 7.62. The van der Waals surface area contributed by atoms with Crippen molar-refractivity contribution in [3.63, 3.8) is 0 Å². The number of halogens is 2. The van der Waals surface area contributed by atoms with E-state index in [4.69, 9.17) is 0 Å². The number of rotatable bonds is 6. The number of sulfonamides is 1. The molecule has 1 aliphatic carbocycles. The molecule has 0 radical (unpaired) electrons. The Morgan fingerprint density at radius 2 is 2.05 bits per heavy atom. The molecule has 1 fully saturated rings. The monoisotopic (exact) mass is 291 g/mol. The fourth-order valence-electron chi connectivity index (χ4n) is 1.75. The number of benzene rings is 1. The highest BCUT2D eigenvalue weighted by Gasteiger charge is 2.30. The second-order valence-electron chi connectivity index (χ2n) is 4.75. The Labute approximate surface area is 110 Å². The molecule has 0 spiro atoms. The summed E-state index contributed by atoms with van der Waals surface area (Å²) in [6.45, 7) is -0.0736. The van der Waals surface area contributed by atoms with Gasteiger partial charge < -0.3 is 5.11 Å². The van der Waals surface area contributed by atoms with E-state index in [1.54, 1.807) is 0 Å². The van der Waals surface area contributed by atoms with Gasteiger partial charge in [-0.05, 0) is 24.8 Å². The molecule has 1 unspecified atom stereocenters. The standard InChI is InChI=1S/C12H15F2NO3S/c13-10-4-3-9(11(14)5-10)7-19(17,18)15-6-12(16)8-1-2-8/h3-5,8,12,15-16H,1-2,6-7H2. The van der Waals surface area contributed by atoms with E-state index >= 15 is 0 Å². The van der Waals surface area contributed by atoms with Crippen LogP contribution in [0.15, 0.2) is 18.2 Å². The van der Waals surface area contributed by atoms with Gasteiger partial charge in [0.05, 0.1) is 11.9 Å². The van der Waals surface area contributed by atoms with E-state index in [2.05, 4.69) is 4.72 Å². The van der Waals surface area contributed by atoms with Gasteiger partial charge in [0, 0.05) is 18.2 Å². The summed E-state index contributed by atoms with van der Waals surface area (Å²) in [4.78, 5) is 0. The van der Waals surface area contributed by atoms with Crippen molar-refractivity contribution in [2.24, 2.45) is 5.92 Å². The summed E-state index contributed by atoms with van der Waals surface area (Å²) in [6, 6.07) is 2.75. The summed E-state index contributed by atoms with van der Waals surface area (Å²) >= 11 is 0. The molecule has 1 aromatic carbocycles. The van der Waals surface area contributed by atoms with Crippen molar-refractivity contribution >= 4 is 10.0 Å². The first-order valence-electron chi connectivity index (χ1n) is 5.97. The van der Waals surface area contributed by atoms with Crippen molar-refractivity contribution in [3.8, 4) is 0 Å². The molecular formula is C12H15F2NO3S. The summed E-state index contributed by atoms with van der Waals surface area (Å²) in [5, 5.41) is 9.56. The number of hydrogen-bond acceptors (Lipinski definition) is 3. The fraction of sp³-hybridized carbons (Fsp3) is 0.500. The molecule has 0 aliphatic heterocycles. The van der Waals surface area contributed by atoms with Crippen molar-refractivity contribution < 1.29 is 22.3 Å². The average molecular weight is 291 g/mol. The maximum Gasteiger partial charge on any atom is 0.215 e. The van der Waals surface area contributed by atoms with Gasteiger partial charge in [0.2, 0.25) is 10.0 Å². The summed E-state index contributed by atoms with van der Waals surface area (Å²) in [5.41, 5.74) is -0.102. The van der Waals surface area contributed by atoms with E-state index in [1.807, 2.05) is 0 Å². The summed E-state index contributed by atoms with van der Waals surface area (Å²) in [7, 11) is -3.74. The minimum Gasteiger partial charge on any atom is -0.391 e. The number of aliphatic hydroxyl groups excluding tert-OH is 1. The molecule has 0 heterocycles. The maximum atomic E-state index is 13.3. The zero-order valence-corrected chi connectivity index (χ0v) is 11.0. The van der Waals surface area contributed by atoms with Crippen LogP contribution in [-0.4, -0.2) is 26.2 Å². The van der Waals surface area contributed by atoms with Gasteiger partial charge in [0.15, 0.2) is 0 Å². The predicted octanol–water partition coefficient (Wildman–Crippen LogP) is 1.16. The van der Waals surface area contributed by atoms with Crippen LogP contribution >= 0.6 is 0 Å². The Morgan fingerprint density at radius 1 is 1.37 bits per heavy atom. The second-order valence-corrected chi connectivity index (χ2v) is 6.55. The van der Waals surface area contributed by atoms with Crippen LogP contribution in [0.2, 0.25) is 0 Å². The number of nitrogens with one attached hydrogen (secondary N) is 1. The molecule has 2 N–H and O–H groups in total. The lowest BCUT2D eigenvalue weighted by molar-refractivity contribution is 0.155. The third-order valence-electron chi connectivity index (χ3n) is 3.04. The molecule has 4 nitrogen and oxygen atoms in total. The van der Waals surface area contributed by atoms with Gasteiger partial charge in [-0.15, -0.1) is 0 Å². The van der Waals surface area contributed by atoms with Crippen LogP contribution in [-0.2, 0) is 15.8 Å². The third-order valence-corrected chi connectivity index (χ3v) is 4.34. The van der Waals surface area contributed by atoms with Gasteiger partial charge in [0.25, 0.3) is 0 Å².